The van der Waals surface area contributed by atoms with Crippen LogP contribution in [0.1, 0.15) is 15.9 Å². The highest BCUT2D eigenvalue weighted by Crippen LogP contribution is 2.28. The molecule has 0 aliphatic rings. The molecule has 0 aliphatic heterocycles. The monoisotopic (exact) mass is 358 g/mol. The number of nitrogens with two attached hydrogens (primary N) is 1. The van der Waals surface area contributed by atoms with E-state index in [2.05, 4.69) is 5.32 Å². The first-order valence-corrected chi connectivity index (χ1v) is 7.29. The van der Waals surface area contributed by atoms with Crippen molar-refractivity contribution in [3.05, 3.63) is 62.6 Å². The summed E-state index contributed by atoms with van der Waals surface area (Å²) in [5.41, 5.74) is 6.83. The molecule has 0 atom stereocenters. The van der Waals surface area contributed by atoms with E-state index < -0.39 is 5.91 Å². The van der Waals surface area contributed by atoms with Crippen LogP contribution in [0.3, 0.4) is 0 Å². The SMILES string of the molecule is NC(=S)c1ccc(NC(=O)c2cccc(Cl)c2Cl)c(Cl)c1. The van der Waals surface area contributed by atoms with Crippen LogP contribution >= 0.6 is 47.0 Å². The summed E-state index contributed by atoms with van der Waals surface area (Å²) in [5.74, 6) is -0.410. The number of nitrogens with one attached hydrogen (secondary N) is 1. The lowest BCUT2D eigenvalue weighted by Crippen LogP contribution is -2.14. The minimum atomic E-state index is -0.410. The number of amides is 1. The second-order valence-electron chi connectivity index (χ2n) is 4.11. The standard InChI is InChI=1S/C14H9Cl3N2OS/c15-9-3-1-2-8(12(9)17)14(20)19-11-5-4-7(13(18)21)6-10(11)16/h1-6H,(H2,18,21)(H,19,20). The van der Waals surface area contributed by atoms with Crippen LogP contribution in [-0.4, -0.2) is 10.9 Å². The molecular formula is C14H9Cl3N2OS. The van der Waals surface area contributed by atoms with Crippen LogP contribution in [0.4, 0.5) is 5.69 Å². The maximum absolute atomic E-state index is 12.2. The molecule has 0 saturated carbocycles. The fourth-order valence-corrected chi connectivity index (χ4v) is 2.38. The zero-order chi connectivity index (χ0) is 15.6. The van der Waals surface area contributed by atoms with E-state index in [-0.39, 0.29) is 15.6 Å². The lowest BCUT2D eigenvalue weighted by Gasteiger charge is -2.10. The Morgan fingerprint density at radius 2 is 1.81 bits per heavy atom. The Kier molecular flexibility index (Phi) is 5.06. The summed E-state index contributed by atoms with van der Waals surface area (Å²) in [6, 6.07) is 9.68. The number of carbonyl (C=O) groups excluding carboxylic acids is 1. The number of halogens is 3. The highest BCUT2D eigenvalue weighted by molar-refractivity contribution is 7.80. The molecule has 0 heterocycles. The fraction of sp³-hybridized carbons (Fsp3) is 0. The minimum absolute atomic E-state index is 0.188. The topological polar surface area (TPSA) is 55.1 Å². The van der Waals surface area contributed by atoms with Gasteiger partial charge in [-0.25, -0.2) is 0 Å². The summed E-state index contributed by atoms with van der Waals surface area (Å²) in [7, 11) is 0. The van der Waals surface area contributed by atoms with Crippen molar-refractivity contribution in [3.63, 3.8) is 0 Å². The molecule has 2 rings (SSSR count). The first-order valence-electron chi connectivity index (χ1n) is 5.75. The lowest BCUT2D eigenvalue weighted by molar-refractivity contribution is 0.102. The van der Waals surface area contributed by atoms with Gasteiger partial charge in [-0.2, -0.15) is 0 Å². The third kappa shape index (κ3) is 3.66. The zero-order valence-electron chi connectivity index (χ0n) is 10.5. The van der Waals surface area contributed by atoms with Gasteiger partial charge in [0, 0.05) is 5.56 Å². The molecule has 0 radical (unpaired) electrons. The van der Waals surface area contributed by atoms with E-state index in [1.54, 1.807) is 36.4 Å². The van der Waals surface area contributed by atoms with Crippen molar-refractivity contribution in [2.45, 2.75) is 0 Å². The van der Waals surface area contributed by atoms with E-state index in [9.17, 15) is 4.79 Å². The molecule has 0 bridgehead atoms. The molecule has 0 saturated heterocycles. The molecule has 108 valence electrons. The maximum Gasteiger partial charge on any atom is 0.257 e. The normalized spacial score (nSPS) is 10.2. The van der Waals surface area contributed by atoms with Gasteiger partial charge in [0.25, 0.3) is 5.91 Å². The average molecular weight is 360 g/mol. The van der Waals surface area contributed by atoms with Crippen LogP contribution in [0.5, 0.6) is 0 Å². The number of thiocarbonyl (C=S) groups is 1. The van der Waals surface area contributed by atoms with E-state index in [1.807, 2.05) is 0 Å². The molecule has 21 heavy (non-hydrogen) atoms. The number of hydrogen-bond acceptors (Lipinski definition) is 2. The van der Waals surface area contributed by atoms with Crippen molar-refractivity contribution in [1.29, 1.82) is 0 Å². The van der Waals surface area contributed by atoms with Crippen LogP contribution in [0.15, 0.2) is 36.4 Å². The summed E-state index contributed by atoms with van der Waals surface area (Å²) in [6.45, 7) is 0. The maximum atomic E-state index is 12.2. The molecule has 7 heteroatoms. The Hall–Kier alpha value is -1.33. The van der Waals surface area contributed by atoms with Crippen molar-refractivity contribution in [2.24, 2.45) is 5.73 Å². The van der Waals surface area contributed by atoms with Crippen molar-refractivity contribution < 1.29 is 4.79 Å². The van der Waals surface area contributed by atoms with Crippen molar-refractivity contribution >= 4 is 63.6 Å². The zero-order valence-corrected chi connectivity index (χ0v) is 13.6. The number of anilines is 1. The molecule has 0 unspecified atom stereocenters. The molecule has 0 aromatic heterocycles. The van der Waals surface area contributed by atoms with Gasteiger partial charge in [-0.15, -0.1) is 0 Å². The molecule has 2 aromatic rings. The van der Waals surface area contributed by atoms with Gasteiger partial charge in [-0.3, -0.25) is 4.79 Å². The van der Waals surface area contributed by atoms with Crippen molar-refractivity contribution in [1.82, 2.24) is 0 Å². The molecule has 0 aliphatic carbocycles. The summed E-state index contributed by atoms with van der Waals surface area (Å²) in [6.07, 6.45) is 0. The molecule has 3 N–H and O–H groups in total. The fourth-order valence-electron chi connectivity index (χ4n) is 1.64. The average Bonchev–Trinajstić information content (AvgIpc) is 2.43. The van der Waals surface area contributed by atoms with E-state index in [4.69, 9.17) is 52.8 Å². The van der Waals surface area contributed by atoms with Crippen LogP contribution in [-0.2, 0) is 0 Å². The van der Waals surface area contributed by atoms with E-state index in [0.717, 1.165) is 0 Å². The predicted molar refractivity (Wildman–Crippen MR) is 91.8 cm³/mol. The quantitative estimate of drug-likeness (QED) is 0.791. The Morgan fingerprint density at radius 1 is 1.10 bits per heavy atom. The van der Waals surface area contributed by atoms with Gasteiger partial charge in [0.2, 0.25) is 0 Å². The van der Waals surface area contributed by atoms with Crippen LogP contribution in [0.25, 0.3) is 0 Å². The van der Waals surface area contributed by atoms with Gasteiger partial charge in [-0.1, -0.05) is 53.1 Å². The van der Waals surface area contributed by atoms with Gasteiger partial charge in [0.15, 0.2) is 0 Å². The van der Waals surface area contributed by atoms with Crippen LogP contribution < -0.4 is 11.1 Å². The first kappa shape index (κ1) is 16.0. The number of hydrogen-bond donors (Lipinski definition) is 2. The van der Waals surface area contributed by atoms with Crippen molar-refractivity contribution in [3.8, 4) is 0 Å². The lowest BCUT2D eigenvalue weighted by atomic mass is 10.1. The number of carbonyl (C=O) groups is 1. The van der Waals surface area contributed by atoms with Crippen LogP contribution in [0, 0.1) is 0 Å². The van der Waals surface area contributed by atoms with Gasteiger partial charge >= 0.3 is 0 Å². The van der Waals surface area contributed by atoms with Crippen molar-refractivity contribution in [2.75, 3.05) is 5.32 Å². The van der Waals surface area contributed by atoms with Gasteiger partial charge < -0.3 is 11.1 Å². The Morgan fingerprint density at radius 3 is 2.43 bits per heavy atom. The Labute approximate surface area is 142 Å². The largest absolute Gasteiger partial charge is 0.389 e. The van der Waals surface area contributed by atoms with E-state index >= 15 is 0 Å². The predicted octanol–water partition coefficient (Wildman–Crippen LogP) is 4.53. The number of benzene rings is 2. The molecule has 1 amide bonds. The van der Waals surface area contributed by atoms with E-state index in [1.165, 1.54) is 0 Å². The van der Waals surface area contributed by atoms with Gasteiger partial charge in [0.1, 0.15) is 4.99 Å². The molecule has 0 fully saturated rings. The van der Waals surface area contributed by atoms with Gasteiger partial charge in [0.05, 0.1) is 26.3 Å². The van der Waals surface area contributed by atoms with Crippen LogP contribution in [0.2, 0.25) is 15.1 Å². The second-order valence-corrected chi connectivity index (χ2v) is 5.75. The summed E-state index contributed by atoms with van der Waals surface area (Å²) in [5, 5.41) is 3.48. The smallest absolute Gasteiger partial charge is 0.257 e. The Balaban J connectivity index is 2.28. The highest BCUT2D eigenvalue weighted by atomic mass is 35.5. The third-order valence-corrected chi connectivity index (χ3v) is 4.07. The minimum Gasteiger partial charge on any atom is -0.389 e. The molecular weight excluding hydrogens is 351 g/mol. The second kappa shape index (κ2) is 6.62. The molecule has 3 nitrogen and oxygen atoms in total. The molecule has 0 spiro atoms. The summed E-state index contributed by atoms with van der Waals surface area (Å²) < 4.78 is 0. The van der Waals surface area contributed by atoms with E-state index in [0.29, 0.717) is 21.3 Å². The summed E-state index contributed by atoms with van der Waals surface area (Å²) >= 11 is 22.8. The Bertz CT molecular complexity index is 734. The first-order chi connectivity index (χ1) is 9.90. The summed E-state index contributed by atoms with van der Waals surface area (Å²) in [4.78, 5) is 12.4. The van der Waals surface area contributed by atoms with Gasteiger partial charge in [-0.05, 0) is 30.3 Å². The molecule has 2 aromatic carbocycles. The number of rotatable bonds is 3. The highest BCUT2D eigenvalue weighted by Gasteiger charge is 2.14. The third-order valence-electron chi connectivity index (χ3n) is 2.70.